The molecule has 1 heterocycles. The molecule has 0 N–H and O–H groups in total. The molecule has 1 aliphatic heterocycles. The Bertz CT molecular complexity index is 589. The summed E-state index contributed by atoms with van der Waals surface area (Å²) in [6.07, 6.45) is 0.682. The number of carbonyl (C=O) groups is 1. The highest BCUT2D eigenvalue weighted by Gasteiger charge is 2.30. The second-order valence-corrected chi connectivity index (χ2v) is 8.63. The number of halogens is 2. The first kappa shape index (κ1) is 19.5. The van der Waals surface area contributed by atoms with Gasteiger partial charge in [0, 0.05) is 41.7 Å². The van der Waals surface area contributed by atoms with Crippen LogP contribution in [0.15, 0.2) is 22.7 Å². The monoisotopic (exact) mass is 416 g/mol. The van der Waals surface area contributed by atoms with Crippen LogP contribution in [0.1, 0.15) is 33.3 Å². The summed E-state index contributed by atoms with van der Waals surface area (Å²) in [7, 11) is 0. The lowest BCUT2D eigenvalue weighted by atomic mass is 10.1. The van der Waals surface area contributed by atoms with Crippen molar-refractivity contribution >= 4 is 33.6 Å². The quantitative estimate of drug-likeness (QED) is 0.721. The lowest BCUT2D eigenvalue weighted by Gasteiger charge is -2.40. The maximum absolute atomic E-state index is 12.3. The van der Waals surface area contributed by atoms with Crippen molar-refractivity contribution in [3.05, 3.63) is 33.3 Å². The van der Waals surface area contributed by atoms with Gasteiger partial charge in [0.25, 0.3) is 0 Å². The van der Waals surface area contributed by atoms with Crippen molar-refractivity contribution in [1.82, 2.24) is 9.80 Å². The minimum Gasteiger partial charge on any atom is -0.444 e. The minimum atomic E-state index is -0.453. The van der Waals surface area contributed by atoms with Crippen LogP contribution in [0, 0.1) is 0 Å². The van der Waals surface area contributed by atoms with Gasteiger partial charge in [-0.3, -0.25) is 4.90 Å². The number of piperazine rings is 1. The number of rotatable bonds is 3. The highest BCUT2D eigenvalue weighted by Crippen LogP contribution is 2.22. The molecule has 1 amide bonds. The van der Waals surface area contributed by atoms with Crippen LogP contribution in [-0.4, -0.2) is 53.7 Å². The van der Waals surface area contributed by atoms with Crippen molar-refractivity contribution in [2.24, 2.45) is 0 Å². The first-order valence-electron chi connectivity index (χ1n) is 8.31. The van der Waals surface area contributed by atoms with Crippen LogP contribution < -0.4 is 0 Å². The van der Waals surface area contributed by atoms with Crippen molar-refractivity contribution in [3.63, 3.8) is 0 Å². The van der Waals surface area contributed by atoms with Gasteiger partial charge in [0.1, 0.15) is 5.60 Å². The number of hydrogen-bond acceptors (Lipinski definition) is 3. The summed E-state index contributed by atoms with van der Waals surface area (Å²) in [6, 6.07) is 6.09. The maximum Gasteiger partial charge on any atom is 0.410 e. The Morgan fingerprint density at radius 2 is 2.08 bits per heavy atom. The molecule has 0 radical (unpaired) electrons. The number of nitrogens with zero attached hydrogens (tertiary/aromatic N) is 2. The fraction of sp³-hybridized carbons (Fsp3) is 0.611. The molecule has 2 rings (SSSR count). The van der Waals surface area contributed by atoms with Gasteiger partial charge in [0.15, 0.2) is 0 Å². The fourth-order valence-electron chi connectivity index (χ4n) is 2.84. The van der Waals surface area contributed by atoms with E-state index in [1.807, 2.05) is 37.8 Å². The lowest BCUT2D eigenvalue weighted by Crippen LogP contribution is -2.55. The van der Waals surface area contributed by atoms with Gasteiger partial charge < -0.3 is 9.64 Å². The smallest absolute Gasteiger partial charge is 0.410 e. The van der Waals surface area contributed by atoms with E-state index < -0.39 is 5.60 Å². The molecule has 1 fully saturated rings. The predicted octanol–water partition coefficient (Wildman–Crippen LogP) is 4.59. The third kappa shape index (κ3) is 5.64. The molecule has 0 aromatic heterocycles. The summed E-state index contributed by atoms with van der Waals surface area (Å²) < 4.78 is 6.53. The lowest BCUT2D eigenvalue weighted by molar-refractivity contribution is 0.00163. The average Bonchev–Trinajstić information content (AvgIpc) is 2.46. The van der Waals surface area contributed by atoms with Gasteiger partial charge in [0.2, 0.25) is 0 Å². The minimum absolute atomic E-state index is 0.145. The van der Waals surface area contributed by atoms with E-state index in [2.05, 4.69) is 33.8 Å². The standard InChI is InChI=1S/C18H26BrClN2O2/c1-13-12-21(8-7-14-11-15(19)5-6-16(14)20)9-10-22(13)17(23)24-18(2,3)4/h5-6,11,13H,7-10,12H2,1-4H3/t13-/m0/s1. The molecule has 1 aromatic rings. The Morgan fingerprint density at radius 3 is 2.71 bits per heavy atom. The van der Waals surface area contributed by atoms with Crippen LogP contribution in [-0.2, 0) is 11.2 Å². The van der Waals surface area contributed by atoms with Crippen LogP contribution in [0.4, 0.5) is 4.79 Å². The highest BCUT2D eigenvalue weighted by atomic mass is 79.9. The van der Waals surface area contributed by atoms with E-state index in [-0.39, 0.29) is 12.1 Å². The molecule has 4 nitrogen and oxygen atoms in total. The molecule has 0 bridgehead atoms. The Labute approximate surface area is 158 Å². The number of benzene rings is 1. The third-order valence-corrected chi connectivity index (χ3v) is 4.91. The SMILES string of the molecule is C[C@H]1CN(CCc2cc(Br)ccc2Cl)CCN1C(=O)OC(C)(C)C. The largest absolute Gasteiger partial charge is 0.444 e. The highest BCUT2D eigenvalue weighted by molar-refractivity contribution is 9.10. The molecule has 1 aliphatic rings. The van der Waals surface area contributed by atoms with Gasteiger partial charge in [-0.2, -0.15) is 0 Å². The van der Waals surface area contributed by atoms with Crippen LogP contribution in [0.5, 0.6) is 0 Å². The Hall–Kier alpha value is -0.780. The van der Waals surface area contributed by atoms with Crippen molar-refractivity contribution in [1.29, 1.82) is 0 Å². The molecule has 6 heteroatoms. The first-order chi connectivity index (χ1) is 11.2. The summed E-state index contributed by atoms with van der Waals surface area (Å²) in [5.41, 5.74) is 0.694. The van der Waals surface area contributed by atoms with Crippen molar-refractivity contribution < 1.29 is 9.53 Å². The van der Waals surface area contributed by atoms with Gasteiger partial charge >= 0.3 is 6.09 Å². The molecular weight excluding hydrogens is 392 g/mol. The van der Waals surface area contributed by atoms with E-state index >= 15 is 0 Å². The van der Waals surface area contributed by atoms with Crippen molar-refractivity contribution in [2.45, 2.75) is 45.8 Å². The molecular formula is C18H26BrClN2O2. The summed E-state index contributed by atoms with van der Waals surface area (Å²) in [4.78, 5) is 16.5. The van der Waals surface area contributed by atoms with E-state index in [0.717, 1.165) is 41.1 Å². The van der Waals surface area contributed by atoms with Gasteiger partial charge in [-0.15, -0.1) is 0 Å². The van der Waals surface area contributed by atoms with Crippen LogP contribution in [0.25, 0.3) is 0 Å². The van der Waals surface area contributed by atoms with Gasteiger partial charge in [-0.1, -0.05) is 27.5 Å². The fourth-order valence-corrected chi connectivity index (χ4v) is 3.46. The Balaban J connectivity index is 1.87. The zero-order chi connectivity index (χ0) is 17.9. The van der Waals surface area contributed by atoms with E-state index in [1.165, 1.54) is 0 Å². The first-order valence-corrected chi connectivity index (χ1v) is 9.49. The van der Waals surface area contributed by atoms with E-state index in [4.69, 9.17) is 16.3 Å². The van der Waals surface area contributed by atoms with E-state index in [0.29, 0.717) is 6.54 Å². The van der Waals surface area contributed by atoms with Crippen LogP contribution >= 0.6 is 27.5 Å². The van der Waals surface area contributed by atoms with E-state index in [1.54, 1.807) is 0 Å². The van der Waals surface area contributed by atoms with Crippen molar-refractivity contribution in [3.8, 4) is 0 Å². The number of amides is 1. The number of ether oxygens (including phenoxy) is 1. The summed E-state index contributed by atoms with van der Waals surface area (Å²) in [5.74, 6) is 0. The maximum atomic E-state index is 12.3. The zero-order valence-corrected chi connectivity index (χ0v) is 17.2. The second kappa shape index (κ2) is 8.07. The summed E-state index contributed by atoms with van der Waals surface area (Å²) in [6.45, 7) is 11.1. The molecule has 0 aliphatic carbocycles. The van der Waals surface area contributed by atoms with Gasteiger partial charge in [0.05, 0.1) is 0 Å². The molecule has 0 saturated carbocycles. The predicted molar refractivity (Wildman–Crippen MR) is 102 cm³/mol. The van der Waals surface area contributed by atoms with Crippen LogP contribution in [0.2, 0.25) is 5.02 Å². The molecule has 1 aromatic carbocycles. The molecule has 24 heavy (non-hydrogen) atoms. The van der Waals surface area contributed by atoms with Crippen molar-refractivity contribution in [2.75, 3.05) is 26.2 Å². The van der Waals surface area contributed by atoms with Gasteiger partial charge in [-0.05, 0) is 57.9 Å². The average molecular weight is 418 g/mol. The molecule has 1 saturated heterocycles. The van der Waals surface area contributed by atoms with Gasteiger partial charge in [-0.25, -0.2) is 4.79 Å². The second-order valence-electron chi connectivity index (χ2n) is 7.31. The van der Waals surface area contributed by atoms with Crippen LogP contribution in [0.3, 0.4) is 0 Å². The Morgan fingerprint density at radius 1 is 1.38 bits per heavy atom. The normalized spacial score (nSPS) is 19.4. The molecule has 0 spiro atoms. The topological polar surface area (TPSA) is 32.8 Å². The number of carbonyl (C=O) groups excluding carboxylic acids is 1. The molecule has 134 valence electrons. The molecule has 1 atom stereocenters. The molecule has 0 unspecified atom stereocenters. The third-order valence-electron chi connectivity index (χ3n) is 4.04. The zero-order valence-electron chi connectivity index (χ0n) is 14.8. The summed E-state index contributed by atoms with van der Waals surface area (Å²) >= 11 is 9.75. The van der Waals surface area contributed by atoms with E-state index in [9.17, 15) is 4.79 Å². The Kier molecular flexibility index (Phi) is 6.57. The summed E-state index contributed by atoms with van der Waals surface area (Å²) in [5, 5.41) is 0.804. The number of hydrogen-bond donors (Lipinski definition) is 0.